The van der Waals surface area contributed by atoms with Gasteiger partial charge >= 0.3 is 0 Å². The van der Waals surface area contributed by atoms with E-state index < -0.39 is 0 Å². The van der Waals surface area contributed by atoms with E-state index in [0.29, 0.717) is 0 Å². The maximum absolute atomic E-state index is 3.74. The standard InChI is InChI=1S/C6H12.H2O/c1-4-5-6(2)3;/h2,4-5H2,1,3H3;1H2. The van der Waals surface area contributed by atoms with Crippen molar-refractivity contribution in [3.63, 3.8) is 0 Å². The number of allylic oxidation sites excluding steroid dienone is 1. The van der Waals surface area contributed by atoms with E-state index in [4.69, 9.17) is 0 Å². The highest BCUT2D eigenvalue weighted by Gasteiger charge is 1.76. The molecule has 0 aliphatic carbocycles. The van der Waals surface area contributed by atoms with Gasteiger partial charge in [-0.05, 0) is 13.3 Å². The van der Waals surface area contributed by atoms with E-state index in [2.05, 4.69) is 20.4 Å². The zero-order valence-corrected chi connectivity index (χ0v) is 5.12. The fourth-order valence-corrected chi connectivity index (χ4v) is 0.427. The Labute approximate surface area is 45.4 Å². The summed E-state index contributed by atoms with van der Waals surface area (Å²) in [6.07, 6.45) is 2.41. The highest BCUT2D eigenvalue weighted by Crippen LogP contribution is 1.96. The Kier molecular flexibility index (Phi) is 8.02. The molecule has 1 heteroatoms. The van der Waals surface area contributed by atoms with Crippen LogP contribution < -0.4 is 0 Å². The highest BCUT2D eigenvalue weighted by atomic mass is 16.0. The van der Waals surface area contributed by atoms with Crippen LogP contribution in [0.15, 0.2) is 12.2 Å². The molecule has 0 saturated carbocycles. The molecule has 0 unspecified atom stereocenters. The smallest absolute Gasteiger partial charge is 0.0328 e. The molecule has 0 aromatic rings. The number of hydrogen-bond acceptors (Lipinski definition) is 0. The van der Waals surface area contributed by atoms with Crippen LogP contribution in [0.25, 0.3) is 0 Å². The van der Waals surface area contributed by atoms with Crippen molar-refractivity contribution in [1.82, 2.24) is 0 Å². The van der Waals surface area contributed by atoms with E-state index in [9.17, 15) is 0 Å². The minimum Gasteiger partial charge on any atom is -0.412 e. The quantitative estimate of drug-likeness (QED) is 0.474. The van der Waals surface area contributed by atoms with Gasteiger partial charge in [0, 0.05) is 0 Å². The fraction of sp³-hybridized carbons (Fsp3) is 0.667. The Hall–Kier alpha value is -0.300. The van der Waals surface area contributed by atoms with Crippen LogP contribution >= 0.6 is 0 Å². The van der Waals surface area contributed by atoms with Gasteiger partial charge < -0.3 is 5.48 Å². The Morgan fingerprint density at radius 3 is 2.00 bits per heavy atom. The Bertz CT molecular complexity index is 48.1. The van der Waals surface area contributed by atoms with Gasteiger partial charge in [-0.2, -0.15) is 0 Å². The second kappa shape index (κ2) is 5.70. The van der Waals surface area contributed by atoms with Crippen molar-refractivity contribution in [1.29, 1.82) is 0 Å². The second-order valence-corrected chi connectivity index (χ2v) is 1.71. The normalized spacial score (nSPS) is 7.14. The second-order valence-electron chi connectivity index (χ2n) is 1.71. The van der Waals surface area contributed by atoms with Crippen molar-refractivity contribution < 1.29 is 5.48 Å². The van der Waals surface area contributed by atoms with E-state index in [0.717, 1.165) is 0 Å². The zero-order valence-electron chi connectivity index (χ0n) is 5.12. The van der Waals surface area contributed by atoms with Crippen LogP contribution in [-0.2, 0) is 0 Å². The molecule has 0 aliphatic heterocycles. The van der Waals surface area contributed by atoms with Gasteiger partial charge in [0.05, 0.1) is 0 Å². The molecule has 0 amide bonds. The summed E-state index contributed by atoms with van der Waals surface area (Å²) in [7, 11) is 0. The summed E-state index contributed by atoms with van der Waals surface area (Å²) >= 11 is 0. The SMILES string of the molecule is C=C(C)CCC.O. The fourth-order valence-electron chi connectivity index (χ4n) is 0.427. The molecule has 0 rings (SSSR count). The molecule has 0 radical (unpaired) electrons. The van der Waals surface area contributed by atoms with Crippen molar-refractivity contribution in [2.45, 2.75) is 26.7 Å². The van der Waals surface area contributed by atoms with Crippen molar-refractivity contribution >= 4 is 0 Å². The minimum atomic E-state index is 0. The lowest BCUT2D eigenvalue weighted by atomic mass is 10.2. The lowest BCUT2D eigenvalue weighted by Crippen LogP contribution is -1.66. The predicted molar refractivity (Wildman–Crippen MR) is 33.3 cm³/mol. The van der Waals surface area contributed by atoms with E-state index in [1.54, 1.807) is 0 Å². The third-order valence-electron chi connectivity index (χ3n) is 0.677. The van der Waals surface area contributed by atoms with Crippen molar-refractivity contribution in [2.24, 2.45) is 0 Å². The molecule has 0 saturated heterocycles. The summed E-state index contributed by atoms with van der Waals surface area (Å²) in [4.78, 5) is 0. The third kappa shape index (κ3) is 10.7. The van der Waals surface area contributed by atoms with Gasteiger partial charge in [0.25, 0.3) is 0 Å². The Balaban J connectivity index is 0. The molecule has 0 spiro atoms. The highest BCUT2D eigenvalue weighted by molar-refractivity contribution is 4.86. The molecule has 1 nitrogen and oxygen atoms in total. The Morgan fingerprint density at radius 2 is 2.00 bits per heavy atom. The summed E-state index contributed by atoms with van der Waals surface area (Å²) in [5.74, 6) is 0. The van der Waals surface area contributed by atoms with Crippen molar-refractivity contribution in [3.8, 4) is 0 Å². The summed E-state index contributed by atoms with van der Waals surface area (Å²) in [6, 6.07) is 0. The summed E-state index contributed by atoms with van der Waals surface area (Å²) in [5.41, 5.74) is 1.29. The molecular formula is C6H14O. The maximum Gasteiger partial charge on any atom is -0.0328 e. The molecule has 0 heterocycles. The molecule has 0 aromatic carbocycles. The third-order valence-corrected chi connectivity index (χ3v) is 0.677. The van der Waals surface area contributed by atoms with Crippen LogP contribution in [0, 0.1) is 0 Å². The van der Waals surface area contributed by atoms with Crippen molar-refractivity contribution in [3.05, 3.63) is 12.2 Å². The Morgan fingerprint density at radius 1 is 1.57 bits per heavy atom. The zero-order chi connectivity index (χ0) is 4.99. The molecule has 0 aromatic heterocycles. The first kappa shape index (κ1) is 9.85. The minimum absolute atomic E-state index is 0. The molecule has 0 aliphatic rings. The lowest BCUT2D eigenvalue weighted by molar-refractivity contribution is 0.824. The van der Waals surface area contributed by atoms with Crippen LogP contribution in [0.3, 0.4) is 0 Å². The van der Waals surface area contributed by atoms with Crippen LogP contribution in [0.5, 0.6) is 0 Å². The van der Waals surface area contributed by atoms with Crippen LogP contribution in [0.1, 0.15) is 26.7 Å². The van der Waals surface area contributed by atoms with Gasteiger partial charge in [-0.15, -0.1) is 6.58 Å². The molecule has 2 N–H and O–H groups in total. The number of rotatable bonds is 2. The van der Waals surface area contributed by atoms with Gasteiger partial charge in [0.2, 0.25) is 0 Å². The largest absolute Gasteiger partial charge is 0.412 e. The van der Waals surface area contributed by atoms with E-state index in [1.807, 2.05) is 0 Å². The molecule has 0 fully saturated rings. The molecule has 7 heavy (non-hydrogen) atoms. The first-order valence-corrected chi connectivity index (χ1v) is 2.41. The molecule has 44 valence electrons. The summed E-state index contributed by atoms with van der Waals surface area (Å²) in [5, 5.41) is 0. The first-order valence-electron chi connectivity index (χ1n) is 2.41. The number of hydrogen-bond donors (Lipinski definition) is 0. The van der Waals surface area contributed by atoms with Crippen LogP contribution in [0.4, 0.5) is 0 Å². The monoisotopic (exact) mass is 102 g/mol. The first-order chi connectivity index (χ1) is 2.77. The van der Waals surface area contributed by atoms with E-state index in [-0.39, 0.29) is 5.48 Å². The predicted octanol–water partition coefficient (Wildman–Crippen LogP) is 1.54. The molecule has 0 bridgehead atoms. The van der Waals surface area contributed by atoms with Crippen LogP contribution in [0.2, 0.25) is 0 Å². The lowest BCUT2D eigenvalue weighted by Gasteiger charge is -1.87. The van der Waals surface area contributed by atoms with Crippen molar-refractivity contribution in [2.75, 3.05) is 0 Å². The van der Waals surface area contributed by atoms with E-state index >= 15 is 0 Å². The summed E-state index contributed by atoms with van der Waals surface area (Å²) < 4.78 is 0. The molecule has 0 atom stereocenters. The topological polar surface area (TPSA) is 31.5 Å². The van der Waals surface area contributed by atoms with Crippen LogP contribution in [-0.4, -0.2) is 5.48 Å². The molecular weight excluding hydrogens is 88.1 g/mol. The average Bonchev–Trinajstić information content (AvgIpc) is 1.35. The van der Waals surface area contributed by atoms with Gasteiger partial charge in [0.15, 0.2) is 0 Å². The van der Waals surface area contributed by atoms with Gasteiger partial charge in [-0.3, -0.25) is 0 Å². The maximum atomic E-state index is 3.74. The average molecular weight is 102 g/mol. The van der Waals surface area contributed by atoms with Gasteiger partial charge in [0.1, 0.15) is 0 Å². The van der Waals surface area contributed by atoms with E-state index in [1.165, 1.54) is 18.4 Å². The summed E-state index contributed by atoms with van der Waals surface area (Å²) in [6.45, 7) is 7.97. The van der Waals surface area contributed by atoms with Gasteiger partial charge in [-0.25, -0.2) is 0 Å². The van der Waals surface area contributed by atoms with Gasteiger partial charge in [-0.1, -0.05) is 18.9 Å².